The van der Waals surface area contributed by atoms with Gasteiger partial charge in [-0.15, -0.1) is 0 Å². The molecule has 0 aromatic carbocycles. The predicted octanol–water partition coefficient (Wildman–Crippen LogP) is 3.66. The molecule has 164 valence electrons. The second kappa shape index (κ2) is 7.33. The third kappa shape index (κ3) is 3.18. The number of hydrogen-bond acceptors (Lipinski definition) is 4. The minimum Gasteiger partial charge on any atom is -0.481 e. The highest BCUT2D eigenvalue weighted by Crippen LogP contribution is 2.68. The van der Waals surface area contributed by atoms with Crippen LogP contribution in [0.5, 0.6) is 0 Å². The van der Waals surface area contributed by atoms with Crippen LogP contribution in [0.2, 0.25) is 0 Å². The number of carbonyl (C=O) groups excluding carboxylic acids is 1. The van der Waals surface area contributed by atoms with Crippen molar-refractivity contribution in [1.29, 1.82) is 0 Å². The first-order valence-corrected chi connectivity index (χ1v) is 11.7. The van der Waals surface area contributed by atoms with Crippen molar-refractivity contribution in [1.82, 2.24) is 0 Å². The first kappa shape index (κ1) is 21.3. The van der Waals surface area contributed by atoms with Gasteiger partial charge in [0.05, 0.1) is 12.2 Å². The molecular formula is C24H38O5. The van der Waals surface area contributed by atoms with Crippen LogP contribution < -0.4 is 0 Å². The molecule has 4 aliphatic rings. The Balaban J connectivity index is 1.61. The van der Waals surface area contributed by atoms with Crippen LogP contribution in [0.25, 0.3) is 0 Å². The Labute approximate surface area is 174 Å². The molecule has 0 spiro atoms. The molecule has 5 nitrogen and oxygen atoms in total. The monoisotopic (exact) mass is 406 g/mol. The number of ketones is 1. The van der Waals surface area contributed by atoms with Crippen molar-refractivity contribution >= 4 is 11.8 Å². The standard InChI is InChI=1S/C24H38O5/c1-13(4-7-21(28)29)16-5-6-17-22-18(12-20(27)24(16,17)3)23(2)9-8-15(25)10-14(23)11-19(22)26/h13-14,16-20,22,26-27H,4-12H2,1-3H3,(H,28,29)/t13-,14+,16+,17-,18-,19+,20-,22-,23-,24+/m0/s1. The number of rotatable bonds is 4. The largest absolute Gasteiger partial charge is 0.481 e. The van der Waals surface area contributed by atoms with Gasteiger partial charge in [-0.05, 0) is 84.9 Å². The summed E-state index contributed by atoms with van der Waals surface area (Å²) in [4.78, 5) is 23.1. The van der Waals surface area contributed by atoms with Crippen molar-refractivity contribution in [2.24, 2.45) is 46.3 Å². The number of aliphatic carboxylic acids is 1. The van der Waals surface area contributed by atoms with Gasteiger partial charge >= 0.3 is 5.97 Å². The first-order valence-electron chi connectivity index (χ1n) is 11.7. The van der Waals surface area contributed by atoms with E-state index in [1.807, 2.05) is 0 Å². The number of aliphatic hydroxyl groups excluding tert-OH is 2. The SMILES string of the molecule is C[C@@H](CCC(=O)O)[C@H]1CC[C@H]2[C@@H]3[C@H](O)C[C@H]4CC(=O)CC[C@]4(C)[C@H]3C[C@H](O)[C@]12C. The van der Waals surface area contributed by atoms with Crippen molar-refractivity contribution < 1.29 is 24.9 Å². The van der Waals surface area contributed by atoms with E-state index in [-0.39, 0.29) is 46.8 Å². The molecule has 0 unspecified atom stereocenters. The molecule has 0 radical (unpaired) electrons. The Morgan fingerprint density at radius 1 is 1.17 bits per heavy atom. The number of hydrogen-bond donors (Lipinski definition) is 3. The van der Waals surface area contributed by atoms with E-state index < -0.39 is 18.2 Å². The molecule has 0 aliphatic heterocycles. The maximum atomic E-state index is 12.1. The molecule has 0 bridgehead atoms. The smallest absolute Gasteiger partial charge is 0.303 e. The highest BCUT2D eigenvalue weighted by atomic mass is 16.4. The molecule has 29 heavy (non-hydrogen) atoms. The maximum Gasteiger partial charge on any atom is 0.303 e. The lowest BCUT2D eigenvalue weighted by Gasteiger charge is -2.63. The Bertz CT molecular complexity index is 676. The summed E-state index contributed by atoms with van der Waals surface area (Å²) in [5.41, 5.74) is -0.221. The van der Waals surface area contributed by atoms with Crippen molar-refractivity contribution in [2.45, 2.75) is 90.8 Å². The minimum atomic E-state index is -0.755. The van der Waals surface area contributed by atoms with E-state index in [2.05, 4.69) is 20.8 Å². The van der Waals surface area contributed by atoms with Crippen molar-refractivity contribution in [3.8, 4) is 0 Å². The summed E-state index contributed by atoms with van der Waals surface area (Å²) in [5, 5.41) is 31.8. The Morgan fingerprint density at radius 2 is 1.90 bits per heavy atom. The van der Waals surface area contributed by atoms with E-state index in [4.69, 9.17) is 5.11 Å². The fraction of sp³-hybridized carbons (Fsp3) is 0.917. The van der Waals surface area contributed by atoms with E-state index in [0.29, 0.717) is 43.8 Å². The summed E-state index contributed by atoms with van der Waals surface area (Å²) < 4.78 is 0. The first-order chi connectivity index (χ1) is 13.6. The summed E-state index contributed by atoms with van der Waals surface area (Å²) >= 11 is 0. The number of carboxylic acid groups (broad SMARTS) is 1. The average Bonchev–Trinajstić information content (AvgIpc) is 3.01. The molecule has 4 aliphatic carbocycles. The molecule has 0 aromatic rings. The highest BCUT2D eigenvalue weighted by molar-refractivity contribution is 5.79. The Kier molecular flexibility index (Phi) is 5.39. The van der Waals surface area contributed by atoms with Crippen molar-refractivity contribution in [2.75, 3.05) is 0 Å². The second-order valence-corrected chi connectivity index (χ2v) is 11.2. The maximum absolute atomic E-state index is 12.1. The number of Topliss-reactive ketones (excluding diaryl/α,β-unsaturated/α-hetero) is 1. The number of aliphatic hydroxyl groups is 2. The summed E-state index contributed by atoms with van der Waals surface area (Å²) in [6.45, 7) is 6.66. The van der Waals surface area contributed by atoms with Gasteiger partial charge < -0.3 is 15.3 Å². The van der Waals surface area contributed by atoms with Crippen LogP contribution in [0, 0.1) is 46.3 Å². The van der Waals surface area contributed by atoms with Gasteiger partial charge in [-0.2, -0.15) is 0 Å². The number of carbonyl (C=O) groups is 2. The predicted molar refractivity (Wildman–Crippen MR) is 109 cm³/mol. The highest BCUT2D eigenvalue weighted by Gasteiger charge is 2.65. The van der Waals surface area contributed by atoms with E-state index in [1.165, 1.54) is 0 Å². The van der Waals surface area contributed by atoms with Gasteiger partial charge in [0.25, 0.3) is 0 Å². The van der Waals surface area contributed by atoms with Gasteiger partial charge in [-0.25, -0.2) is 0 Å². The zero-order chi connectivity index (χ0) is 21.1. The molecule has 0 saturated heterocycles. The molecule has 0 aromatic heterocycles. The second-order valence-electron chi connectivity index (χ2n) is 11.2. The molecular weight excluding hydrogens is 368 g/mol. The molecule has 4 rings (SSSR count). The van der Waals surface area contributed by atoms with Crippen molar-refractivity contribution in [3.63, 3.8) is 0 Å². The van der Waals surface area contributed by atoms with Crippen molar-refractivity contribution in [3.05, 3.63) is 0 Å². The molecule has 0 amide bonds. The van der Waals surface area contributed by atoms with Crippen LogP contribution in [0.3, 0.4) is 0 Å². The summed E-state index contributed by atoms with van der Waals surface area (Å²) in [5.74, 6) is 1.10. The topological polar surface area (TPSA) is 94.8 Å². The van der Waals surface area contributed by atoms with E-state index >= 15 is 0 Å². The van der Waals surface area contributed by atoms with Gasteiger partial charge in [0.2, 0.25) is 0 Å². The van der Waals surface area contributed by atoms with E-state index in [1.54, 1.807) is 0 Å². The molecule has 4 fully saturated rings. The lowest BCUT2D eigenvalue weighted by Crippen LogP contribution is -2.62. The fourth-order valence-corrected chi connectivity index (χ4v) is 8.50. The number of fused-ring (bicyclic) bond motifs is 5. The fourth-order valence-electron chi connectivity index (χ4n) is 8.50. The van der Waals surface area contributed by atoms with Gasteiger partial charge in [-0.3, -0.25) is 9.59 Å². The zero-order valence-corrected chi connectivity index (χ0v) is 18.1. The van der Waals surface area contributed by atoms with Crippen LogP contribution in [-0.2, 0) is 9.59 Å². The summed E-state index contributed by atoms with van der Waals surface area (Å²) in [7, 11) is 0. The average molecular weight is 407 g/mol. The van der Waals surface area contributed by atoms with Crippen LogP contribution in [0.15, 0.2) is 0 Å². The Hall–Kier alpha value is -0.940. The van der Waals surface area contributed by atoms with Gasteiger partial charge in [0.1, 0.15) is 5.78 Å². The van der Waals surface area contributed by atoms with Gasteiger partial charge in [0.15, 0.2) is 0 Å². The van der Waals surface area contributed by atoms with Crippen LogP contribution in [0.1, 0.15) is 78.6 Å². The van der Waals surface area contributed by atoms with Gasteiger partial charge in [-0.1, -0.05) is 20.8 Å². The molecule has 0 heterocycles. The molecule has 10 atom stereocenters. The quantitative estimate of drug-likeness (QED) is 0.662. The molecule has 5 heteroatoms. The third-order valence-electron chi connectivity index (χ3n) is 10.2. The lowest BCUT2D eigenvalue weighted by atomic mass is 9.43. The van der Waals surface area contributed by atoms with Crippen LogP contribution >= 0.6 is 0 Å². The molecule has 4 saturated carbocycles. The minimum absolute atomic E-state index is 0.0348. The summed E-state index contributed by atoms with van der Waals surface area (Å²) in [6, 6.07) is 0. The lowest BCUT2D eigenvalue weighted by molar-refractivity contribution is -0.201. The van der Waals surface area contributed by atoms with E-state index in [0.717, 1.165) is 19.3 Å². The van der Waals surface area contributed by atoms with Crippen LogP contribution in [-0.4, -0.2) is 39.3 Å². The number of carboxylic acids is 1. The van der Waals surface area contributed by atoms with Gasteiger partial charge in [0, 0.05) is 19.3 Å². The summed E-state index contributed by atoms with van der Waals surface area (Å²) in [6.07, 6.45) is 5.56. The normalized spacial score (nSPS) is 50.4. The zero-order valence-electron chi connectivity index (χ0n) is 18.1. The molecule has 3 N–H and O–H groups in total. The van der Waals surface area contributed by atoms with Crippen LogP contribution in [0.4, 0.5) is 0 Å². The Morgan fingerprint density at radius 3 is 2.59 bits per heavy atom. The van der Waals surface area contributed by atoms with E-state index in [9.17, 15) is 19.8 Å². The third-order valence-corrected chi connectivity index (χ3v) is 10.2.